The molecule has 1 aromatic heterocycles. The van der Waals surface area contributed by atoms with E-state index in [9.17, 15) is 4.79 Å². The summed E-state index contributed by atoms with van der Waals surface area (Å²) in [5.74, 6) is 0.987. The third-order valence-corrected chi connectivity index (χ3v) is 5.81. The van der Waals surface area contributed by atoms with E-state index < -0.39 is 0 Å². The van der Waals surface area contributed by atoms with Gasteiger partial charge >= 0.3 is 0 Å². The highest BCUT2D eigenvalue weighted by Gasteiger charge is 2.14. The lowest BCUT2D eigenvalue weighted by molar-refractivity contribution is -0.119. The lowest BCUT2D eigenvalue weighted by Gasteiger charge is -2.14. The van der Waals surface area contributed by atoms with Crippen molar-refractivity contribution in [2.75, 3.05) is 5.75 Å². The number of nitrogens with zero attached hydrogens (tertiary/aromatic N) is 3. The van der Waals surface area contributed by atoms with Gasteiger partial charge in [0.05, 0.1) is 11.8 Å². The van der Waals surface area contributed by atoms with Crippen molar-refractivity contribution in [3.05, 3.63) is 64.7 Å². The second-order valence-electron chi connectivity index (χ2n) is 6.55. The summed E-state index contributed by atoms with van der Waals surface area (Å²) in [6.07, 6.45) is 1.01. The number of benzene rings is 2. The minimum Gasteiger partial charge on any atom is -0.349 e. The third-order valence-electron chi connectivity index (χ3n) is 4.54. The Kier molecular flexibility index (Phi) is 6.75. The molecule has 146 valence electrons. The highest BCUT2D eigenvalue weighted by molar-refractivity contribution is 7.99. The number of aromatic nitrogens is 3. The van der Waals surface area contributed by atoms with Gasteiger partial charge in [0, 0.05) is 17.6 Å². The first-order valence-electron chi connectivity index (χ1n) is 9.14. The van der Waals surface area contributed by atoms with Gasteiger partial charge < -0.3 is 9.88 Å². The van der Waals surface area contributed by atoms with Crippen molar-refractivity contribution in [2.24, 2.45) is 7.05 Å². The summed E-state index contributed by atoms with van der Waals surface area (Å²) in [6, 6.07) is 15.7. The number of amides is 1. The van der Waals surface area contributed by atoms with Crippen molar-refractivity contribution in [1.29, 1.82) is 0 Å². The Morgan fingerprint density at radius 2 is 1.82 bits per heavy atom. The molecule has 5 nitrogen and oxygen atoms in total. The molecule has 0 bridgehead atoms. The van der Waals surface area contributed by atoms with Crippen molar-refractivity contribution in [1.82, 2.24) is 20.1 Å². The number of nitrogens with one attached hydrogen (secondary N) is 1. The number of rotatable bonds is 7. The first kappa shape index (κ1) is 20.4. The van der Waals surface area contributed by atoms with E-state index in [4.69, 9.17) is 11.6 Å². The molecule has 1 atom stereocenters. The SMILES string of the molecule is CCc1ccc([C@@H](C)NC(=O)CSc2nnc(-c3ccc(Cl)cc3)n2C)cc1. The van der Waals surface area contributed by atoms with Crippen molar-refractivity contribution in [2.45, 2.75) is 31.5 Å². The van der Waals surface area contributed by atoms with Gasteiger partial charge in [0.1, 0.15) is 0 Å². The molecule has 7 heteroatoms. The molecule has 3 rings (SSSR count). The molecule has 0 aliphatic heterocycles. The molecule has 0 unspecified atom stereocenters. The molecule has 0 saturated heterocycles. The van der Waals surface area contributed by atoms with E-state index in [0.29, 0.717) is 10.2 Å². The largest absolute Gasteiger partial charge is 0.349 e. The maximum absolute atomic E-state index is 12.3. The second kappa shape index (κ2) is 9.26. The average Bonchev–Trinajstić information content (AvgIpc) is 3.07. The Bertz CT molecular complexity index is 938. The number of carbonyl (C=O) groups excluding carboxylic acids is 1. The van der Waals surface area contributed by atoms with E-state index in [1.807, 2.05) is 42.8 Å². The molecule has 1 N–H and O–H groups in total. The van der Waals surface area contributed by atoms with Gasteiger partial charge in [-0.05, 0) is 48.7 Å². The highest BCUT2D eigenvalue weighted by atomic mass is 35.5. The van der Waals surface area contributed by atoms with Crippen LogP contribution in [0.25, 0.3) is 11.4 Å². The summed E-state index contributed by atoms with van der Waals surface area (Å²) in [4.78, 5) is 12.3. The predicted octanol–water partition coefficient (Wildman–Crippen LogP) is 4.67. The van der Waals surface area contributed by atoms with Gasteiger partial charge in [-0.25, -0.2) is 0 Å². The fraction of sp³-hybridized carbons (Fsp3) is 0.286. The third kappa shape index (κ3) is 4.94. The van der Waals surface area contributed by atoms with Crippen LogP contribution in [0, 0.1) is 0 Å². The van der Waals surface area contributed by atoms with E-state index in [1.165, 1.54) is 17.3 Å². The Morgan fingerprint density at radius 3 is 2.46 bits per heavy atom. The summed E-state index contributed by atoms with van der Waals surface area (Å²) >= 11 is 7.31. The van der Waals surface area contributed by atoms with Crippen molar-refractivity contribution in [3.8, 4) is 11.4 Å². The fourth-order valence-corrected chi connectivity index (χ4v) is 3.68. The van der Waals surface area contributed by atoms with Crippen LogP contribution < -0.4 is 5.32 Å². The number of halogens is 1. The predicted molar refractivity (Wildman–Crippen MR) is 115 cm³/mol. The topological polar surface area (TPSA) is 59.8 Å². The number of carbonyl (C=O) groups is 1. The molecule has 0 aliphatic carbocycles. The first-order valence-corrected chi connectivity index (χ1v) is 10.5. The number of hydrogen-bond donors (Lipinski definition) is 1. The van der Waals surface area contributed by atoms with Gasteiger partial charge in [0.15, 0.2) is 11.0 Å². The molecule has 0 spiro atoms. The molecule has 0 saturated carbocycles. The van der Waals surface area contributed by atoms with Gasteiger partial charge in [-0.1, -0.05) is 54.6 Å². The molecule has 3 aromatic rings. The van der Waals surface area contributed by atoms with E-state index in [-0.39, 0.29) is 17.7 Å². The van der Waals surface area contributed by atoms with Crippen LogP contribution in [0.4, 0.5) is 0 Å². The standard InChI is InChI=1S/C21H23ClN4OS/c1-4-15-5-7-16(8-6-15)14(2)23-19(27)13-28-21-25-24-20(26(21)3)17-9-11-18(22)12-10-17/h5-12,14H,4,13H2,1-3H3,(H,23,27)/t14-/m1/s1. The van der Waals surface area contributed by atoms with Crippen molar-refractivity contribution < 1.29 is 4.79 Å². The van der Waals surface area contributed by atoms with E-state index >= 15 is 0 Å². The molecule has 0 aliphatic rings. The van der Waals surface area contributed by atoms with Crippen LogP contribution in [-0.2, 0) is 18.3 Å². The van der Waals surface area contributed by atoms with Crippen LogP contribution in [-0.4, -0.2) is 26.4 Å². The number of aryl methyl sites for hydroxylation is 1. The lowest BCUT2D eigenvalue weighted by atomic mass is 10.1. The van der Waals surface area contributed by atoms with Crippen molar-refractivity contribution in [3.63, 3.8) is 0 Å². The zero-order chi connectivity index (χ0) is 20.1. The first-order chi connectivity index (χ1) is 13.5. The fourth-order valence-electron chi connectivity index (χ4n) is 2.83. The average molecular weight is 415 g/mol. The van der Waals surface area contributed by atoms with E-state index in [0.717, 1.165) is 23.4 Å². The number of thioether (sulfide) groups is 1. The Hall–Kier alpha value is -2.31. The minimum atomic E-state index is -0.0388. The van der Waals surface area contributed by atoms with Crippen LogP contribution in [0.3, 0.4) is 0 Å². The zero-order valence-electron chi connectivity index (χ0n) is 16.1. The number of hydrogen-bond acceptors (Lipinski definition) is 4. The molecule has 0 radical (unpaired) electrons. The van der Waals surface area contributed by atoms with Crippen LogP contribution >= 0.6 is 23.4 Å². The van der Waals surface area contributed by atoms with Gasteiger partial charge in [0.25, 0.3) is 0 Å². The minimum absolute atomic E-state index is 0.0342. The normalized spacial score (nSPS) is 12.0. The van der Waals surface area contributed by atoms with Gasteiger partial charge in [-0.15, -0.1) is 10.2 Å². The molecule has 1 amide bonds. The Morgan fingerprint density at radius 1 is 1.14 bits per heavy atom. The monoisotopic (exact) mass is 414 g/mol. The molecule has 28 heavy (non-hydrogen) atoms. The summed E-state index contributed by atoms with van der Waals surface area (Å²) in [7, 11) is 1.89. The van der Waals surface area contributed by atoms with Crippen LogP contribution in [0.2, 0.25) is 5.02 Å². The van der Waals surface area contributed by atoms with Crippen molar-refractivity contribution >= 4 is 29.3 Å². The van der Waals surface area contributed by atoms with Crippen LogP contribution in [0.15, 0.2) is 53.7 Å². The van der Waals surface area contributed by atoms with Gasteiger partial charge in [-0.3, -0.25) is 4.79 Å². The molecular weight excluding hydrogens is 392 g/mol. The Labute approximate surface area is 174 Å². The zero-order valence-corrected chi connectivity index (χ0v) is 17.7. The maximum Gasteiger partial charge on any atom is 0.230 e. The smallest absolute Gasteiger partial charge is 0.230 e. The van der Waals surface area contributed by atoms with E-state index in [1.54, 1.807) is 0 Å². The summed E-state index contributed by atoms with van der Waals surface area (Å²) in [6.45, 7) is 4.12. The second-order valence-corrected chi connectivity index (χ2v) is 7.92. The summed E-state index contributed by atoms with van der Waals surface area (Å²) in [5.41, 5.74) is 3.32. The highest BCUT2D eigenvalue weighted by Crippen LogP contribution is 2.24. The molecule has 1 heterocycles. The quantitative estimate of drug-likeness (QED) is 0.571. The van der Waals surface area contributed by atoms with Crippen LogP contribution in [0.1, 0.15) is 31.0 Å². The lowest BCUT2D eigenvalue weighted by Crippen LogP contribution is -2.28. The molecular formula is C21H23ClN4OS. The van der Waals surface area contributed by atoms with E-state index in [2.05, 4.69) is 46.7 Å². The summed E-state index contributed by atoms with van der Waals surface area (Å²) < 4.78 is 1.88. The molecule has 0 fully saturated rings. The van der Waals surface area contributed by atoms with Gasteiger partial charge in [-0.2, -0.15) is 0 Å². The Balaban J connectivity index is 1.57. The van der Waals surface area contributed by atoms with Crippen LogP contribution in [0.5, 0.6) is 0 Å². The summed E-state index contributed by atoms with van der Waals surface area (Å²) in [5, 5.41) is 12.8. The maximum atomic E-state index is 12.3. The molecule has 2 aromatic carbocycles. The van der Waals surface area contributed by atoms with Gasteiger partial charge in [0.2, 0.25) is 5.91 Å².